The molecule has 2 aliphatic heterocycles. The molecule has 2 aromatic carbocycles. The highest BCUT2D eigenvalue weighted by Gasteiger charge is 2.40. The van der Waals surface area contributed by atoms with Crippen LogP contribution in [0.3, 0.4) is 0 Å². The van der Waals surface area contributed by atoms with E-state index in [0.717, 1.165) is 42.8 Å². The Hall–Kier alpha value is -2.88. The van der Waals surface area contributed by atoms with Crippen LogP contribution in [0.5, 0.6) is 0 Å². The van der Waals surface area contributed by atoms with Crippen molar-refractivity contribution in [3.8, 4) is 6.07 Å². The van der Waals surface area contributed by atoms with Crippen LogP contribution in [-0.4, -0.2) is 41.4 Å². The van der Waals surface area contributed by atoms with Crippen molar-refractivity contribution in [2.24, 2.45) is 0 Å². The lowest BCUT2D eigenvalue weighted by molar-refractivity contribution is -0.121. The second kappa shape index (κ2) is 10.2. The molecule has 2 amide bonds. The number of nitrogens with one attached hydrogen (secondary N) is 2. The summed E-state index contributed by atoms with van der Waals surface area (Å²) in [7, 11) is 0. The zero-order chi connectivity index (χ0) is 22.5. The number of carbonyl (C=O) groups is 2. The highest BCUT2D eigenvalue weighted by molar-refractivity contribution is 6.30. The Labute approximate surface area is 193 Å². The monoisotopic (exact) mass is 450 g/mol. The van der Waals surface area contributed by atoms with Gasteiger partial charge in [0, 0.05) is 35.3 Å². The second-order valence-corrected chi connectivity index (χ2v) is 9.07. The average molecular weight is 451 g/mol. The first kappa shape index (κ1) is 22.3. The number of amides is 2. The molecule has 2 N–H and O–H groups in total. The summed E-state index contributed by atoms with van der Waals surface area (Å²) in [6, 6.07) is 18.1. The molecule has 32 heavy (non-hydrogen) atoms. The molecule has 2 aliphatic rings. The molecule has 0 spiro atoms. The number of piperidine rings is 1. The molecule has 2 fully saturated rings. The van der Waals surface area contributed by atoms with E-state index in [1.165, 1.54) is 5.56 Å². The van der Waals surface area contributed by atoms with Gasteiger partial charge in [-0.25, -0.2) is 0 Å². The van der Waals surface area contributed by atoms with Crippen molar-refractivity contribution >= 4 is 23.4 Å². The minimum atomic E-state index is -0.308. The van der Waals surface area contributed by atoms with Gasteiger partial charge < -0.3 is 10.6 Å². The Bertz CT molecular complexity index is 1000. The van der Waals surface area contributed by atoms with Crippen LogP contribution in [0.2, 0.25) is 5.02 Å². The summed E-state index contributed by atoms with van der Waals surface area (Å²) < 4.78 is 0. The summed E-state index contributed by atoms with van der Waals surface area (Å²) in [5, 5.41) is 15.4. The van der Waals surface area contributed by atoms with Gasteiger partial charge >= 0.3 is 0 Å². The third kappa shape index (κ3) is 5.48. The van der Waals surface area contributed by atoms with Crippen LogP contribution in [0, 0.1) is 11.3 Å². The number of carbonyl (C=O) groups excluding carboxylic acids is 2. The van der Waals surface area contributed by atoms with Crippen LogP contribution in [0.15, 0.2) is 48.5 Å². The maximum Gasteiger partial charge on any atom is 0.251 e. The van der Waals surface area contributed by atoms with Gasteiger partial charge in [0.2, 0.25) is 5.91 Å². The molecule has 0 unspecified atom stereocenters. The van der Waals surface area contributed by atoms with Gasteiger partial charge in [-0.15, -0.1) is 0 Å². The Morgan fingerprint density at radius 3 is 2.47 bits per heavy atom. The van der Waals surface area contributed by atoms with Gasteiger partial charge in [0.05, 0.1) is 19.0 Å². The summed E-state index contributed by atoms with van der Waals surface area (Å²) in [5.74, 6) is -0.472. The number of rotatable bonds is 7. The molecular formula is C25H27ClN4O2. The average Bonchev–Trinajstić information content (AvgIpc) is 3.01. The largest absolute Gasteiger partial charge is 0.352 e. The van der Waals surface area contributed by atoms with Gasteiger partial charge in [-0.1, -0.05) is 35.9 Å². The molecule has 3 atom stereocenters. The fourth-order valence-corrected chi connectivity index (χ4v) is 5.03. The number of nitrogens with zero attached hydrogens (tertiary/aromatic N) is 2. The van der Waals surface area contributed by atoms with Crippen LogP contribution < -0.4 is 10.6 Å². The van der Waals surface area contributed by atoms with Crippen molar-refractivity contribution in [3.63, 3.8) is 0 Å². The number of halogens is 1. The summed E-state index contributed by atoms with van der Waals surface area (Å²) in [6.45, 7) is 0.857. The van der Waals surface area contributed by atoms with Gasteiger partial charge in [0.1, 0.15) is 0 Å². The molecule has 0 saturated carbocycles. The SMILES string of the molecule is N#CCc1cccc(C(=O)NCC(=O)N[C@H]2C[C@H]3CC[C@@H](C2)N3Cc2ccc(Cl)cc2)c1. The van der Waals surface area contributed by atoms with Crippen LogP contribution >= 0.6 is 11.6 Å². The lowest BCUT2D eigenvalue weighted by atomic mass is 9.96. The highest BCUT2D eigenvalue weighted by atomic mass is 35.5. The molecule has 6 nitrogen and oxygen atoms in total. The van der Waals surface area contributed by atoms with Crippen molar-refractivity contribution < 1.29 is 9.59 Å². The molecule has 166 valence electrons. The van der Waals surface area contributed by atoms with Crippen molar-refractivity contribution in [1.82, 2.24) is 15.5 Å². The Morgan fingerprint density at radius 1 is 1.06 bits per heavy atom. The maximum absolute atomic E-state index is 12.5. The van der Waals surface area contributed by atoms with E-state index in [4.69, 9.17) is 16.9 Å². The van der Waals surface area contributed by atoms with E-state index >= 15 is 0 Å². The Morgan fingerprint density at radius 2 is 1.78 bits per heavy atom. The molecule has 0 radical (unpaired) electrons. The Balaban J connectivity index is 1.25. The van der Waals surface area contributed by atoms with Crippen LogP contribution in [0.25, 0.3) is 0 Å². The predicted molar refractivity (Wildman–Crippen MR) is 123 cm³/mol. The van der Waals surface area contributed by atoms with Gasteiger partial charge in [0.25, 0.3) is 5.91 Å². The molecule has 2 aromatic rings. The van der Waals surface area contributed by atoms with Crippen molar-refractivity contribution in [1.29, 1.82) is 5.26 Å². The van der Waals surface area contributed by atoms with E-state index in [1.807, 2.05) is 12.1 Å². The highest BCUT2D eigenvalue weighted by Crippen LogP contribution is 2.36. The number of hydrogen-bond donors (Lipinski definition) is 2. The van der Waals surface area contributed by atoms with E-state index < -0.39 is 0 Å². The van der Waals surface area contributed by atoms with Crippen molar-refractivity contribution in [3.05, 3.63) is 70.2 Å². The minimum Gasteiger partial charge on any atom is -0.352 e. The second-order valence-electron chi connectivity index (χ2n) is 8.64. The number of fused-ring (bicyclic) bond motifs is 2. The molecule has 2 saturated heterocycles. The van der Waals surface area contributed by atoms with Crippen LogP contribution in [-0.2, 0) is 17.8 Å². The molecular weight excluding hydrogens is 424 g/mol. The van der Waals surface area contributed by atoms with E-state index in [9.17, 15) is 9.59 Å². The zero-order valence-corrected chi connectivity index (χ0v) is 18.6. The minimum absolute atomic E-state index is 0.0539. The smallest absolute Gasteiger partial charge is 0.251 e. The van der Waals surface area contributed by atoms with Crippen LogP contribution in [0.4, 0.5) is 0 Å². The zero-order valence-electron chi connectivity index (χ0n) is 17.9. The number of benzene rings is 2. The lowest BCUT2D eigenvalue weighted by Crippen LogP contribution is -2.51. The summed E-state index contributed by atoms with van der Waals surface area (Å²) in [4.78, 5) is 27.4. The molecule has 0 aliphatic carbocycles. The summed E-state index contributed by atoms with van der Waals surface area (Å²) in [5.41, 5.74) is 2.50. The third-order valence-electron chi connectivity index (χ3n) is 6.41. The topological polar surface area (TPSA) is 85.2 Å². The standard InChI is InChI=1S/C25H27ClN4O2/c26-20-6-4-18(5-7-20)16-30-22-8-9-23(30)14-21(13-22)29-24(31)15-28-25(32)19-3-1-2-17(12-19)10-11-27/h1-7,12,21-23H,8-10,13-16H2,(H,28,32)(H,29,31)/t21-,22+,23-. The molecule has 4 rings (SSSR count). The van der Waals surface area contributed by atoms with Gasteiger partial charge in [-0.05, 0) is 61.1 Å². The summed E-state index contributed by atoms with van der Waals surface area (Å²) in [6.07, 6.45) is 4.42. The van der Waals surface area contributed by atoms with Crippen LogP contribution in [0.1, 0.15) is 47.2 Å². The van der Waals surface area contributed by atoms with E-state index in [0.29, 0.717) is 17.6 Å². The summed E-state index contributed by atoms with van der Waals surface area (Å²) >= 11 is 6.00. The van der Waals surface area contributed by atoms with E-state index in [-0.39, 0.29) is 30.8 Å². The fraction of sp³-hybridized carbons (Fsp3) is 0.400. The maximum atomic E-state index is 12.5. The normalized spacial score (nSPS) is 22.2. The molecule has 2 bridgehead atoms. The first-order chi connectivity index (χ1) is 15.5. The first-order valence-corrected chi connectivity index (χ1v) is 11.4. The van der Waals surface area contributed by atoms with E-state index in [2.05, 4.69) is 33.7 Å². The predicted octanol–water partition coefficient (Wildman–Crippen LogP) is 3.45. The van der Waals surface area contributed by atoms with Gasteiger partial charge in [-0.2, -0.15) is 5.26 Å². The quantitative estimate of drug-likeness (QED) is 0.676. The third-order valence-corrected chi connectivity index (χ3v) is 6.66. The van der Waals surface area contributed by atoms with Gasteiger partial charge in [0.15, 0.2) is 0 Å². The molecule has 0 aromatic heterocycles. The lowest BCUT2D eigenvalue weighted by Gasteiger charge is -2.39. The number of hydrogen-bond acceptors (Lipinski definition) is 4. The molecule has 2 heterocycles. The van der Waals surface area contributed by atoms with E-state index in [1.54, 1.807) is 24.3 Å². The number of nitriles is 1. The van der Waals surface area contributed by atoms with Crippen molar-refractivity contribution in [2.45, 2.75) is 56.8 Å². The fourth-order valence-electron chi connectivity index (χ4n) is 4.91. The first-order valence-electron chi connectivity index (χ1n) is 11.1. The Kier molecular flexibility index (Phi) is 7.09. The van der Waals surface area contributed by atoms with Crippen molar-refractivity contribution in [2.75, 3.05) is 6.54 Å². The van der Waals surface area contributed by atoms with Gasteiger partial charge in [-0.3, -0.25) is 14.5 Å². The molecule has 7 heteroatoms.